The van der Waals surface area contributed by atoms with Crippen LogP contribution >= 0.6 is 0 Å². The molecule has 0 atom stereocenters. The van der Waals surface area contributed by atoms with Gasteiger partial charge in [-0.3, -0.25) is 0 Å². The Morgan fingerprint density at radius 3 is 2.45 bits per heavy atom. The minimum atomic E-state index is 0.723. The maximum Gasteiger partial charge on any atom is 0.147 e. The molecule has 0 saturated carbocycles. The second-order valence-corrected chi connectivity index (χ2v) is 5.15. The number of nitrogens with one attached hydrogen (secondary N) is 1. The fourth-order valence-corrected chi connectivity index (χ4v) is 2.37. The third-order valence-electron chi connectivity index (χ3n) is 3.68. The van der Waals surface area contributed by atoms with E-state index in [1.54, 1.807) is 0 Å². The first-order valence-electron chi connectivity index (χ1n) is 6.94. The predicted octanol–water partition coefficient (Wildman–Crippen LogP) is 2.84. The van der Waals surface area contributed by atoms with Gasteiger partial charge in [-0.25, -0.2) is 15.8 Å². The maximum atomic E-state index is 5.56. The van der Waals surface area contributed by atoms with Gasteiger partial charge >= 0.3 is 0 Å². The van der Waals surface area contributed by atoms with E-state index in [9.17, 15) is 0 Å². The second kappa shape index (κ2) is 6.01. The van der Waals surface area contributed by atoms with Crippen LogP contribution < -0.4 is 11.3 Å². The number of anilines is 1. The summed E-state index contributed by atoms with van der Waals surface area (Å²) in [5, 5.41) is 0. The zero-order valence-corrected chi connectivity index (χ0v) is 12.6. The van der Waals surface area contributed by atoms with Crippen molar-refractivity contribution in [3.8, 4) is 0 Å². The van der Waals surface area contributed by atoms with Crippen molar-refractivity contribution >= 4 is 5.82 Å². The number of benzene rings is 1. The maximum absolute atomic E-state index is 5.56. The molecular weight excluding hydrogens is 248 g/mol. The minimum Gasteiger partial charge on any atom is -0.308 e. The van der Waals surface area contributed by atoms with Gasteiger partial charge in [-0.15, -0.1) is 0 Å². The lowest BCUT2D eigenvalue weighted by Gasteiger charge is -2.12. The Balaban J connectivity index is 2.33. The van der Waals surface area contributed by atoms with Crippen molar-refractivity contribution in [2.45, 2.75) is 40.5 Å². The van der Waals surface area contributed by atoms with Gasteiger partial charge in [0.1, 0.15) is 11.6 Å². The molecule has 0 amide bonds. The lowest BCUT2D eigenvalue weighted by atomic mass is 10.0. The number of aryl methyl sites for hydroxylation is 3. The fourth-order valence-electron chi connectivity index (χ4n) is 2.37. The van der Waals surface area contributed by atoms with Crippen LogP contribution in [0.5, 0.6) is 0 Å². The number of rotatable bonds is 4. The normalized spacial score (nSPS) is 10.7. The lowest BCUT2D eigenvalue weighted by molar-refractivity contribution is 0.902. The van der Waals surface area contributed by atoms with E-state index in [0.29, 0.717) is 0 Å². The summed E-state index contributed by atoms with van der Waals surface area (Å²) in [7, 11) is 0. The Kier molecular flexibility index (Phi) is 4.35. The quantitative estimate of drug-likeness (QED) is 0.662. The van der Waals surface area contributed by atoms with Crippen LogP contribution in [0.3, 0.4) is 0 Å². The van der Waals surface area contributed by atoms with Crippen molar-refractivity contribution in [1.82, 2.24) is 9.97 Å². The molecule has 0 saturated heterocycles. The molecule has 20 heavy (non-hydrogen) atoms. The molecule has 2 aromatic rings. The van der Waals surface area contributed by atoms with Crippen LogP contribution in [0, 0.1) is 20.8 Å². The summed E-state index contributed by atoms with van der Waals surface area (Å²) in [5.41, 5.74) is 8.57. The van der Waals surface area contributed by atoms with E-state index in [-0.39, 0.29) is 0 Å². The minimum absolute atomic E-state index is 0.723. The Morgan fingerprint density at radius 1 is 1.10 bits per heavy atom. The Bertz CT molecular complexity index is 620. The van der Waals surface area contributed by atoms with Crippen molar-refractivity contribution in [3.63, 3.8) is 0 Å². The summed E-state index contributed by atoms with van der Waals surface area (Å²) in [6.45, 7) is 8.32. The molecule has 0 aliphatic rings. The molecule has 0 aliphatic heterocycles. The number of aromatic nitrogens is 2. The second-order valence-electron chi connectivity index (χ2n) is 5.15. The molecule has 2 rings (SSSR count). The van der Waals surface area contributed by atoms with Gasteiger partial charge in [-0.05, 0) is 43.9 Å². The highest BCUT2D eigenvalue weighted by Crippen LogP contribution is 2.18. The van der Waals surface area contributed by atoms with Crippen molar-refractivity contribution in [2.24, 2.45) is 5.84 Å². The van der Waals surface area contributed by atoms with Gasteiger partial charge in [0.05, 0.1) is 0 Å². The lowest BCUT2D eigenvalue weighted by Crippen LogP contribution is -2.14. The van der Waals surface area contributed by atoms with E-state index in [2.05, 4.69) is 54.4 Å². The summed E-state index contributed by atoms with van der Waals surface area (Å²) >= 11 is 0. The Hall–Kier alpha value is -1.94. The zero-order valence-electron chi connectivity index (χ0n) is 12.6. The molecule has 1 aromatic heterocycles. The van der Waals surface area contributed by atoms with Crippen molar-refractivity contribution in [1.29, 1.82) is 0 Å². The summed E-state index contributed by atoms with van der Waals surface area (Å²) in [6, 6.07) is 6.46. The standard InChI is InChI=1S/C16H22N4/c1-5-14-12(4)18-15(19-16(14)20-17)9-13-7-6-10(2)11(3)8-13/h6-8H,5,9,17H2,1-4H3,(H,18,19,20). The Labute approximate surface area is 120 Å². The van der Waals surface area contributed by atoms with Gasteiger partial charge < -0.3 is 5.43 Å². The van der Waals surface area contributed by atoms with E-state index in [1.807, 2.05) is 6.92 Å². The van der Waals surface area contributed by atoms with Crippen molar-refractivity contribution in [2.75, 3.05) is 5.43 Å². The summed E-state index contributed by atoms with van der Waals surface area (Å²) in [6.07, 6.45) is 1.59. The number of nitrogens with two attached hydrogens (primary N) is 1. The molecule has 3 N–H and O–H groups in total. The van der Waals surface area contributed by atoms with E-state index >= 15 is 0 Å². The van der Waals surface area contributed by atoms with Gasteiger partial charge in [0, 0.05) is 17.7 Å². The molecular formula is C16H22N4. The average Bonchev–Trinajstić information content (AvgIpc) is 2.42. The first-order chi connectivity index (χ1) is 9.55. The molecule has 0 radical (unpaired) electrons. The highest BCUT2D eigenvalue weighted by Gasteiger charge is 2.10. The number of nitrogens with zero attached hydrogens (tertiary/aromatic N) is 2. The number of nitrogen functional groups attached to an aromatic ring is 1. The van der Waals surface area contributed by atoms with Crippen LogP contribution in [0.2, 0.25) is 0 Å². The smallest absolute Gasteiger partial charge is 0.147 e. The van der Waals surface area contributed by atoms with Gasteiger partial charge in [0.15, 0.2) is 0 Å². The van der Waals surface area contributed by atoms with Crippen LogP contribution in [-0.4, -0.2) is 9.97 Å². The van der Waals surface area contributed by atoms with Crippen LogP contribution in [0.4, 0.5) is 5.82 Å². The molecule has 4 heteroatoms. The molecule has 106 valence electrons. The average molecular weight is 270 g/mol. The molecule has 0 fully saturated rings. The summed E-state index contributed by atoms with van der Waals surface area (Å²) in [4.78, 5) is 9.12. The predicted molar refractivity (Wildman–Crippen MR) is 82.7 cm³/mol. The van der Waals surface area contributed by atoms with Gasteiger partial charge in [-0.2, -0.15) is 0 Å². The largest absolute Gasteiger partial charge is 0.308 e. The summed E-state index contributed by atoms with van der Waals surface area (Å²) < 4.78 is 0. The third-order valence-corrected chi connectivity index (χ3v) is 3.68. The summed E-state index contributed by atoms with van der Waals surface area (Å²) in [5.74, 6) is 7.10. The van der Waals surface area contributed by atoms with Crippen LogP contribution in [0.25, 0.3) is 0 Å². The van der Waals surface area contributed by atoms with E-state index in [4.69, 9.17) is 5.84 Å². The van der Waals surface area contributed by atoms with Crippen molar-refractivity contribution < 1.29 is 0 Å². The first kappa shape index (κ1) is 14.5. The fraction of sp³-hybridized carbons (Fsp3) is 0.375. The molecule has 1 aromatic carbocycles. The van der Waals surface area contributed by atoms with Gasteiger partial charge in [0.2, 0.25) is 0 Å². The van der Waals surface area contributed by atoms with Crippen LogP contribution in [0.1, 0.15) is 40.7 Å². The molecule has 0 spiro atoms. The Morgan fingerprint density at radius 2 is 1.85 bits per heavy atom. The number of hydrogen-bond acceptors (Lipinski definition) is 4. The number of hydrazine groups is 1. The van der Waals surface area contributed by atoms with E-state index in [1.165, 1.54) is 16.7 Å². The molecule has 4 nitrogen and oxygen atoms in total. The SMILES string of the molecule is CCc1c(C)nc(Cc2ccc(C)c(C)c2)nc1NN. The zero-order chi connectivity index (χ0) is 14.7. The van der Waals surface area contributed by atoms with Gasteiger partial charge in [0.25, 0.3) is 0 Å². The van der Waals surface area contributed by atoms with Crippen LogP contribution in [0.15, 0.2) is 18.2 Å². The monoisotopic (exact) mass is 270 g/mol. The molecule has 1 heterocycles. The highest BCUT2D eigenvalue weighted by molar-refractivity contribution is 5.46. The van der Waals surface area contributed by atoms with Crippen LogP contribution in [-0.2, 0) is 12.8 Å². The first-order valence-corrected chi connectivity index (χ1v) is 6.94. The third kappa shape index (κ3) is 2.96. The number of hydrogen-bond donors (Lipinski definition) is 2. The van der Waals surface area contributed by atoms with E-state index in [0.717, 1.165) is 35.7 Å². The van der Waals surface area contributed by atoms with Gasteiger partial charge in [-0.1, -0.05) is 25.1 Å². The molecule has 0 bridgehead atoms. The van der Waals surface area contributed by atoms with E-state index < -0.39 is 0 Å². The molecule has 0 aliphatic carbocycles. The molecule has 0 unspecified atom stereocenters. The van der Waals surface area contributed by atoms with Crippen molar-refractivity contribution in [3.05, 3.63) is 52.0 Å². The topological polar surface area (TPSA) is 63.8 Å². The highest BCUT2D eigenvalue weighted by atomic mass is 15.3.